The number of likely N-dealkylation sites (N-methyl/N-ethyl adjacent to an activating group) is 1. The smallest absolute Gasteiger partial charge is 0.362 e. The van der Waals surface area contributed by atoms with Gasteiger partial charge in [0.05, 0.1) is 22.4 Å². The van der Waals surface area contributed by atoms with Crippen molar-refractivity contribution in [3.8, 4) is 0 Å². The number of non-ortho nitro benzene ring substituents is 1. The van der Waals surface area contributed by atoms with E-state index in [0.717, 1.165) is 17.7 Å². The van der Waals surface area contributed by atoms with E-state index in [9.17, 15) is 24.5 Å². The number of nitro groups is 1. The van der Waals surface area contributed by atoms with Gasteiger partial charge in [-0.05, 0) is 42.8 Å². The number of nitro benzene ring substituents is 1. The molecule has 1 aromatic heterocycles. The van der Waals surface area contributed by atoms with Crippen LogP contribution in [-0.2, 0) is 20.7 Å². The molecule has 0 aliphatic carbocycles. The molecule has 1 aromatic carbocycles. The van der Waals surface area contributed by atoms with E-state index in [4.69, 9.17) is 4.74 Å². The molecule has 0 saturated carbocycles. The van der Waals surface area contributed by atoms with Crippen LogP contribution in [0.4, 0.5) is 5.69 Å². The minimum absolute atomic E-state index is 0.00571. The van der Waals surface area contributed by atoms with Crippen molar-refractivity contribution in [2.75, 3.05) is 20.1 Å². The number of fused-ring (bicyclic) bond motifs is 1. The van der Waals surface area contributed by atoms with Crippen LogP contribution in [0, 0.1) is 27.9 Å². The zero-order valence-electron chi connectivity index (χ0n) is 21.3. The zero-order valence-corrected chi connectivity index (χ0v) is 21.3. The van der Waals surface area contributed by atoms with E-state index in [0.29, 0.717) is 13.1 Å². The summed E-state index contributed by atoms with van der Waals surface area (Å²) in [7, 11) is 1.94. The van der Waals surface area contributed by atoms with Crippen LogP contribution in [0.1, 0.15) is 36.8 Å². The molecule has 0 bridgehead atoms. The van der Waals surface area contributed by atoms with Crippen molar-refractivity contribution in [1.29, 1.82) is 0 Å². The molecule has 37 heavy (non-hydrogen) atoms. The van der Waals surface area contributed by atoms with Gasteiger partial charge >= 0.3 is 11.9 Å². The van der Waals surface area contributed by atoms with Gasteiger partial charge in [0.25, 0.3) is 5.69 Å². The zero-order chi connectivity index (χ0) is 26.9. The molecule has 0 N–H and O–H groups in total. The Morgan fingerprint density at radius 3 is 2.46 bits per heavy atom. The summed E-state index contributed by atoms with van der Waals surface area (Å²) in [5, 5.41) is 10.9. The molecule has 4 rings (SSSR count). The molecule has 1 fully saturated rings. The number of ether oxygens (including phenoxy) is 1. The quantitative estimate of drug-likeness (QED) is 0.167. The van der Waals surface area contributed by atoms with Gasteiger partial charge in [0, 0.05) is 49.5 Å². The number of hydrogen-bond acceptors (Lipinski definition) is 8. The monoisotopic (exact) mass is 506 g/mol. The molecule has 194 valence electrons. The molecule has 10 heteroatoms. The van der Waals surface area contributed by atoms with E-state index < -0.39 is 16.9 Å². The van der Waals surface area contributed by atoms with Gasteiger partial charge in [-0.25, -0.2) is 9.59 Å². The summed E-state index contributed by atoms with van der Waals surface area (Å²) >= 11 is 0. The van der Waals surface area contributed by atoms with Crippen LogP contribution in [0.2, 0.25) is 0 Å². The van der Waals surface area contributed by atoms with Gasteiger partial charge in [-0.3, -0.25) is 19.9 Å². The number of esters is 2. The standard InChI is InChI=1S/C27H30N4O6/c1-16(2)22-23-17(3)21(15-29(4)14-12-19-7-5-6-13-28-19)24(30(23)25(22)32)27(34)37-26(33)18-8-10-20(11-9-18)31(35)36/h5-11,13,16-17,22-23H,12,14-15H2,1-4H3/t17-,22+,23+/m0/s1. The van der Waals surface area contributed by atoms with Crippen molar-refractivity contribution >= 4 is 23.5 Å². The fraction of sp³-hybridized carbons (Fsp3) is 0.407. The summed E-state index contributed by atoms with van der Waals surface area (Å²) in [5.74, 6) is -2.15. The molecular formula is C27H30N4O6. The van der Waals surface area contributed by atoms with Crippen LogP contribution in [0.25, 0.3) is 0 Å². The number of benzene rings is 1. The van der Waals surface area contributed by atoms with E-state index >= 15 is 0 Å². The summed E-state index contributed by atoms with van der Waals surface area (Å²) in [6.07, 6.45) is 2.47. The highest BCUT2D eigenvalue weighted by molar-refractivity contribution is 6.06. The molecule has 2 aromatic rings. The van der Waals surface area contributed by atoms with Crippen LogP contribution in [-0.4, -0.2) is 63.7 Å². The molecule has 1 amide bonds. The van der Waals surface area contributed by atoms with E-state index in [2.05, 4.69) is 9.88 Å². The van der Waals surface area contributed by atoms with E-state index in [1.807, 2.05) is 46.0 Å². The first-order valence-corrected chi connectivity index (χ1v) is 12.3. The minimum Gasteiger partial charge on any atom is -0.385 e. The number of nitrogens with zero attached hydrogens (tertiary/aromatic N) is 4. The van der Waals surface area contributed by atoms with Gasteiger partial charge in [0.15, 0.2) is 0 Å². The number of carbonyl (C=O) groups excluding carboxylic acids is 3. The van der Waals surface area contributed by atoms with Crippen molar-refractivity contribution in [2.45, 2.75) is 33.2 Å². The fourth-order valence-corrected chi connectivity index (χ4v) is 5.16. The molecule has 2 aliphatic heterocycles. The highest BCUT2D eigenvalue weighted by Gasteiger charge is 2.59. The SMILES string of the molecule is CC(C)[C@H]1C(=O)N2C(C(=O)OC(=O)c3ccc([N+](=O)[O-])cc3)=C(CN(C)CCc3ccccn3)[C@H](C)[C@H]12. The van der Waals surface area contributed by atoms with Crippen molar-refractivity contribution in [3.05, 3.63) is 81.3 Å². The first-order valence-electron chi connectivity index (χ1n) is 12.3. The highest BCUT2D eigenvalue weighted by Crippen LogP contribution is 2.48. The number of β-lactam (4-membered cyclic amide) rings is 1. The summed E-state index contributed by atoms with van der Waals surface area (Å²) < 4.78 is 5.18. The third-order valence-electron chi connectivity index (χ3n) is 7.12. The Labute approximate surface area is 215 Å². The van der Waals surface area contributed by atoms with Gasteiger partial charge in [-0.2, -0.15) is 0 Å². The summed E-state index contributed by atoms with van der Waals surface area (Å²) in [5.41, 5.74) is 1.66. The van der Waals surface area contributed by atoms with Crippen molar-refractivity contribution in [2.24, 2.45) is 17.8 Å². The number of rotatable bonds is 9. The highest BCUT2D eigenvalue weighted by atomic mass is 16.6. The Balaban J connectivity index is 1.55. The van der Waals surface area contributed by atoms with E-state index in [-0.39, 0.29) is 46.7 Å². The lowest BCUT2D eigenvalue weighted by Gasteiger charge is -2.47. The number of pyridine rings is 1. The first kappa shape index (κ1) is 26.2. The van der Waals surface area contributed by atoms with Gasteiger partial charge in [-0.1, -0.05) is 26.8 Å². The van der Waals surface area contributed by atoms with Crippen LogP contribution in [0.5, 0.6) is 0 Å². The first-order chi connectivity index (χ1) is 17.6. The molecule has 0 unspecified atom stereocenters. The Hall–Kier alpha value is -3.92. The largest absolute Gasteiger partial charge is 0.385 e. The second kappa shape index (κ2) is 10.6. The Bertz CT molecular complexity index is 1240. The molecule has 0 spiro atoms. The van der Waals surface area contributed by atoms with Gasteiger partial charge in [-0.15, -0.1) is 0 Å². The third kappa shape index (κ3) is 5.15. The van der Waals surface area contributed by atoms with Crippen LogP contribution >= 0.6 is 0 Å². The number of aromatic nitrogens is 1. The summed E-state index contributed by atoms with van der Waals surface area (Å²) in [6.45, 7) is 7.08. The van der Waals surface area contributed by atoms with Crippen LogP contribution in [0.3, 0.4) is 0 Å². The molecule has 3 heterocycles. The second-order valence-electron chi connectivity index (χ2n) is 9.92. The molecule has 10 nitrogen and oxygen atoms in total. The molecule has 3 atom stereocenters. The Kier molecular flexibility index (Phi) is 7.49. The molecular weight excluding hydrogens is 476 g/mol. The summed E-state index contributed by atoms with van der Waals surface area (Å²) in [6, 6.07) is 10.4. The fourth-order valence-electron chi connectivity index (χ4n) is 5.16. The van der Waals surface area contributed by atoms with Crippen LogP contribution < -0.4 is 0 Å². The maximum atomic E-state index is 13.3. The summed E-state index contributed by atoms with van der Waals surface area (Å²) in [4.78, 5) is 57.2. The second-order valence-corrected chi connectivity index (χ2v) is 9.92. The normalized spacial score (nSPS) is 20.8. The third-order valence-corrected chi connectivity index (χ3v) is 7.12. The molecule has 0 radical (unpaired) electrons. The lowest BCUT2D eigenvalue weighted by Crippen LogP contribution is -2.62. The maximum absolute atomic E-state index is 13.3. The number of hydrogen-bond donors (Lipinski definition) is 0. The average molecular weight is 507 g/mol. The molecule has 2 aliphatic rings. The van der Waals surface area contributed by atoms with Crippen LogP contribution in [0.15, 0.2) is 59.9 Å². The van der Waals surface area contributed by atoms with Crippen molar-refractivity contribution in [3.63, 3.8) is 0 Å². The van der Waals surface area contributed by atoms with Gasteiger partial charge in [0.2, 0.25) is 5.91 Å². The average Bonchev–Trinajstić information content (AvgIpc) is 3.11. The predicted octanol–water partition coefficient (Wildman–Crippen LogP) is 3.23. The van der Waals surface area contributed by atoms with Crippen molar-refractivity contribution in [1.82, 2.24) is 14.8 Å². The number of carbonyl (C=O) groups is 3. The van der Waals surface area contributed by atoms with Gasteiger partial charge < -0.3 is 14.5 Å². The predicted molar refractivity (Wildman–Crippen MR) is 134 cm³/mol. The maximum Gasteiger partial charge on any atom is 0.362 e. The Morgan fingerprint density at radius 2 is 1.86 bits per heavy atom. The van der Waals surface area contributed by atoms with Crippen molar-refractivity contribution < 1.29 is 24.0 Å². The number of amides is 1. The lowest BCUT2D eigenvalue weighted by atomic mass is 9.74. The Morgan fingerprint density at radius 1 is 1.16 bits per heavy atom. The molecule has 1 saturated heterocycles. The minimum atomic E-state index is -0.931. The lowest BCUT2D eigenvalue weighted by molar-refractivity contribution is -0.384. The topological polar surface area (TPSA) is 123 Å². The van der Waals surface area contributed by atoms with E-state index in [1.165, 1.54) is 29.2 Å². The van der Waals surface area contributed by atoms with E-state index in [1.54, 1.807) is 6.20 Å². The van der Waals surface area contributed by atoms with Gasteiger partial charge in [0.1, 0.15) is 5.70 Å².